The Hall–Kier alpha value is -3.46. The SMILES string of the molecule is CC(C)(C)[Si](OC[C@@H](N=[N+]=[N-])[C@H]1OC(=O)[C@H](O)[C@@H]1OCc1ccccc1)(c1ccccc1)c1ccccc1. The molecule has 0 spiro atoms. The van der Waals surface area contributed by atoms with Crippen LogP contribution in [-0.2, 0) is 25.3 Å². The van der Waals surface area contributed by atoms with Gasteiger partial charge < -0.3 is 19.0 Å². The zero-order chi connectivity index (χ0) is 27.2. The number of carbonyl (C=O) groups is 1. The van der Waals surface area contributed by atoms with E-state index < -0.39 is 38.6 Å². The summed E-state index contributed by atoms with van der Waals surface area (Å²) in [5, 5.41) is 16.4. The van der Waals surface area contributed by atoms with Gasteiger partial charge in [-0.05, 0) is 26.5 Å². The minimum atomic E-state index is -2.95. The van der Waals surface area contributed by atoms with Crippen molar-refractivity contribution in [1.29, 1.82) is 0 Å². The summed E-state index contributed by atoms with van der Waals surface area (Å²) in [7, 11) is -2.95. The lowest BCUT2D eigenvalue weighted by molar-refractivity contribution is -0.148. The summed E-state index contributed by atoms with van der Waals surface area (Å²) in [6, 6.07) is 28.7. The van der Waals surface area contributed by atoms with Crippen LogP contribution in [0.15, 0.2) is 96.1 Å². The van der Waals surface area contributed by atoms with Crippen LogP contribution in [0, 0.1) is 0 Å². The van der Waals surface area contributed by atoms with Gasteiger partial charge in [0.05, 0.1) is 12.6 Å². The van der Waals surface area contributed by atoms with Crippen molar-refractivity contribution in [3.05, 3.63) is 107 Å². The minimum absolute atomic E-state index is 0.0206. The van der Waals surface area contributed by atoms with E-state index in [0.717, 1.165) is 15.9 Å². The maximum atomic E-state index is 12.4. The van der Waals surface area contributed by atoms with Gasteiger partial charge in [-0.3, -0.25) is 0 Å². The number of aliphatic hydroxyl groups is 1. The fourth-order valence-electron chi connectivity index (χ4n) is 5.07. The lowest BCUT2D eigenvalue weighted by Crippen LogP contribution is -2.67. The van der Waals surface area contributed by atoms with Gasteiger partial charge >= 0.3 is 5.97 Å². The Morgan fingerprint density at radius 1 is 0.974 bits per heavy atom. The number of rotatable bonds is 10. The number of azide groups is 1. The highest BCUT2D eigenvalue weighted by atomic mass is 28.4. The molecule has 198 valence electrons. The van der Waals surface area contributed by atoms with Crippen LogP contribution in [0.1, 0.15) is 26.3 Å². The Bertz CT molecular complexity index is 1210. The van der Waals surface area contributed by atoms with Crippen LogP contribution in [-0.4, -0.2) is 50.4 Å². The lowest BCUT2D eigenvalue weighted by atomic mass is 10.0. The van der Waals surface area contributed by atoms with Gasteiger partial charge in [0.1, 0.15) is 12.2 Å². The van der Waals surface area contributed by atoms with Gasteiger partial charge in [-0.2, -0.15) is 0 Å². The fraction of sp³-hybridized carbons (Fsp3) is 0.345. The molecule has 3 aromatic carbocycles. The van der Waals surface area contributed by atoms with Crippen molar-refractivity contribution in [3.63, 3.8) is 0 Å². The molecule has 4 rings (SSSR count). The number of aliphatic hydroxyl groups excluding tert-OH is 1. The number of carbonyl (C=O) groups excluding carboxylic acids is 1. The normalized spacial score (nSPS) is 20.4. The summed E-state index contributed by atoms with van der Waals surface area (Å²) in [5.74, 6) is -0.809. The quantitative estimate of drug-likeness (QED) is 0.139. The number of benzene rings is 3. The second-order valence-corrected chi connectivity index (χ2v) is 14.7. The molecule has 9 heteroatoms. The maximum Gasteiger partial charge on any atom is 0.338 e. The molecule has 0 saturated carbocycles. The summed E-state index contributed by atoms with van der Waals surface area (Å²) >= 11 is 0. The van der Waals surface area contributed by atoms with Gasteiger partial charge in [-0.15, -0.1) is 0 Å². The van der Waals surface area contributed by atoms with Crippen LogP contribution in [0.2, 0.25) is 5.04 Å². The highest BCUT2D eigenvalue weighted by Crippen LogP contribution is 2.37. The molecule has 4 atom stereocenters. The predicted octanol–water partition coefficient (Wildman–Crippen LogP) is 4.11. The second kappa shape index (κ2) is 11.9. The molecule has 8 nitrogen and oxygen atoms in total. The second-order valence-electron chi connectivity index (χ2n) is 10.4. The summed E-state index contributed by atoms with van der Waals surface area (Å²) in [6.45, 7) is 6.58. The molecule has 1 saturated heterocycles. The molecule has 1 aliphatic heterocycles. The monoisotopic (exact) mass is 531 g/mol. The summed E-state index contributed by atoms with van der Waals surface area (Å²) in [4.78, 5) is 15.4. The largest absolute Gasteiger partial charge is 0.457 e. The van der Waals surface area contributed by atoms with Gasteiger partial charge in [-0.25, -0.2) is 4.79 Å². The molecule has 1 aliphatic rings. The van der Waals surface area contributed by atoms with E-state index in [-0.39, 0.29) is 18.3 Å². The third-order valence-electron chi connectivity index (χ3n) is 6.88. The number of esters is 1. The van der Waals surface area contributed by atoms with Crippen LogP contribution >= 0.6 is 0 Å². The summed E-state index contributed by atoms with van der Waals surface area (Å²) in [5.41, 5.74) is 10.3. The summed E-state index contributed by atoms with van der Waals surface area (Å²) < 4.78 is 18.4. The van der Waals surface area contributed by atoms with Crippen molar-refractivity contribution < 1.29 is 23.8 Å². The molecular weight excluding hydrogens is 498 g/mol. The Morgan fingerprint density at radius 3 is 2.00 bits per heavy atom. The molecule has 3 aromatic rings. The molecule has 1 fully saturated rings. The highest BCUT2D eigenvalue weighted by Gasteiger charge is 2.53. The van der Waals surface area contributed by atoms with Gasteiger partial charge in [0.2, 0.25) is 0 Å². The van der Waals surface area contributed by atoms with E-state index in [0.29, 0.717) is 0 Å². The van der Waals surface area contributed by atoms with Crippen molar-refractivity contribution in [1.82, 2.24) is 0 Å². The van der Waals surface area contributed by atoms with Crippen LogP contribution in [0.5, 0.6) is 0 Å². The molecule has 0 aliphatic carbocycles. The predicted molar refractivity (Wildman–Crippen MR) is 147 cm³/mol. The average molecular weight is 532 g/mol. The first-order chi connectivity index (χ1) is 18.3. The molecule has 1 N–H and O–H groups in total. The van der Waals surface area contributed by atoms with Gasteiger partial charge in [0.15, 0.2) is 6.10 Å². The molecular formula is C29H33N3O5Si. The smallest absolute Gasteiger partial charge is 0.338 e. The van der Waals surface area contributed by atoms with Crippen LogP contribution < -0.4 is 10.4 Å². The standard InChI is InChI=1S/C29H33N3O5Si/c1-29(2,3)38(22-15-9-5-10-16-22,23-17-11-6-12-18-23)36-20-24(31-32-30)26-27(25(33)28(34)37-26)35-19-21-13-7-4-8-14-21/h4-18,24-27,33H,19-20H2,1-3H3/t24-,25-,26-,27+/m1/s1. The van der Waals surface area contributed by atoms with Gasteiger partial charge in [0.25, 0.3) is 8.32 Å². The molecule has 0 unspecified atom stereocenters. The van der Waals surface area contributed by atoms with E-state index in [1.165, 1.54) is 0 Å². The fourth-order valence-corrected chi connectivity index (χ4v) is 9.64. The first kappa shape index (κ1) is 27.6. The van der Waals surface area contributed by atoms with Crippen LogP contribution in [0.25, 0.3) is 10.4 Å². The number of hydrogen-bond donors (Lipinski definition) is 1. The van der Waals surface area contributed by atoms with E-state index in [4.69, 9.17) is 13.9 Å². The number of ether oxygens (including phenoxy) is 2. The van der Waals surface area contributed by atoms with Crippen molar-refractivity contribution in [2.24, 2.45) is 5.11 Å². The maximum absolute atomic E-state index is 12.4. The van der Waals surface area contributed by atoms with Crippen LogP contribution in [0.3, 0.4) is 0 Å². The van der Waals surface area contributed by atoms with E-state index in [9.17, 15) is 15.4 Å². The number of nitrogens with zero attached hydrogens (tertiary/aromatic N) is 3. The summed E-state index contributed by atoms with van der Waals surface area (Å²) in [6.07, 6.45) is -3.51. The van der Waals surface area contributed by atoms with E-state index >= 15 is 0 Å². The van der Waals surface area contributed by atoms with E-state index in [1.807, 2.05) is 66.7 Å². The molecule has 0 amide bonds. The Labute approximate surface area is 223 Å². The zero-order valence-electron chi connectivity index (χ0n) is 21.8. The average Bonchev–Trinajstić information content (AvgIpc) is 3.21. The Morgan fingerprint density at radius 2 is 1.50 bits per heavy atom. The first-order valence-electron chi connectivity index (χ1n) is 12.6. The van der Waals surface area contributed by atoms with Gasteiger partial charge in [0, 0.05) is 11.5 Å². The number of cyclic esters (lactones) is 1. The third kappa shape index (κ3) is 5.67. The van der Waals surface area contributed by atoms with Crippen LogP contribution in [0.4, 0.5) is 0 Å². The third-order valence-corrected chi connectivity index (χ3v) is 11.9. The molecule has 0 bridgehead atoms. The molecule has 0 aromatic heterocycles. The zero-order valence-corrected chi connectivity index (χ0v) is 22.8. The molecule has 1 heterocycles. The number of hydrogen-bond acceptors (Lipinski definition) is 6. The topological polar surface area (TPSA) is 114 Å². The lowest BCUT2D eigenvalue weighted by Gasteiger charge is -2.43. The van der Waals surface area contributed by atoms with Crippen molar-refractivity contribution >= 4 is 24.7 Å². The molecule has 38 heavy (non-hydrogen) atoms. The van der Waals surface area contributed by atoms with Crippen molar-refractivity contribution in [3.8, 4) is 0 Å². The van der Waals surface area contributed by atoms with Gasteiger partial charge in [-0.1, -0.05) is 117 Å². The molecule has 0 radical (unpaired) electrons. The van der Waals surface area contributed by atoms with E-state index in [1.54, 1.807) is 0 Å². The highest BCUT2D eigenvalue weighted by molar-refractivity contribution is 6.99. The first-order valence-corrected chi connectivity index (χ1v) is 14.5. The van der Waals surface area contributed by atoms with Crippen molar-refractivity contribution in [2.75, 3.05) is 6.61 Å². The Kier molecular flexibility index (Phi) is 8.66. The van der Waals surface area contributed by atoms with E-state index in [2.05, 4.69) is 55.1 Å². The Balaban J connectivity index is 1.67. The van der Waals surface area contributed by atoms with Crippen molar-refractivity contribution in [2.45, 2.75) is 56.8 Å². The minimum Gasteiger partial charge on any atom is -0.457 e.